The van der Waals surface area contributed by atoms with Gasteiger partial charge in [-0.15, -0.1) is 6.58 Å². The quantitative estimate of drug-likeness (QED) is 0.455. The molecule has 0 bridgehead atoms. The minimum Gasteiger partial charge on any atom is -0.468 e. The molecule has 0 heterocycles. The predicted octanol–water partition coefficient (Wildman–Crippen LogP) is 2.53. The van der Waals surface area contributed by atoms with Crippen molar-refractivity contribution in [1.82, 2.24) is 0 Å². The average Bonchev–Trinajstić information content (AvgIpc) is 2.45. The van der Waals surface area contributed by atoms with Crippen LogP contribution in [0.25, 0.3) is 0 Å². The average molecular weight is 276 g/mol. The van der Waals surface area contributed by atoms with Crippen molar-refractivity contribution in [2.45, 2.75) is 19.8 Å². The fraction of sp³-hybridized carbons (Fsp3) is 0.375. The van der Waals surface area contributed by atoms with Gasteiger partial charge in [0, 0.05) is 0 Å². The van der Waals surface area contributed by atoms with E-state index in [1.165, 1.54) is 14.2 Å². The van der Waals surface area contributed by atoms with Gasteiger partial charge in [-0.1, -0.05) is 35.9 Å². The van der Waals surface area contributed by atoms with E-state index in [0.29, 0.717) is 0 Å². The van der Waals surface area contributed by atoms with Crippen LogP contribution in [0.5, 0.6) is 0 Å². The first-order valence-electron chi connectivity index (χ1n) is 6.31. The molecule has 0 aliphatic heterocycles. The van der Waals surface area contributed by atoms with E-state index in [-0.39, 0.29) is 12.8 Å². The third-order valence-corrected chi connectivity index (χ3v) is 3.10. The number of esters is 2. The van der Waals surface area contributed by atoms with Crippen molar-refractivity contribution in [3.8, 4) is 0 Å². The Balaban J connectivity index is 3.24. The monoisotopic (exact) mass is 276 g/mol. The van der Waals surface area contributed by atoms with Gasteiger partial charge in [0.15, 0.2) is 5.41 Å². The first-order valence-corrected chi connectivity index (χ1v) is 6.31. The fourth-order valence-electron chi connectivity index (χ4n) is 2.28. The highest BCUT2D eigenvalue weighted by atomic mass is 16.5. The summed E-state index contributed by atoms with van der Waals surface area (Å²) in [6, 6.07) is 9.31. The largest absolute Gasteiger partial charge is 0.468 e. The molecule has 4 nitrogen and oxygen atoms in total. The molecule has 108 valence electrons. The first kappa shape index (κ1) is 16.0. The van der Waals surface area contributed by atoms with E-state index < -0.39 is 17.4 Å². The minimum atomic E-state index is -1.38. The van der Waals surface area contributed by atoms with Crippen LogP contribution in [0.15, 0.2) is 42.5 Å². The van der Waals surface area contributed by atoms with Gasteiger partial charge >= 0.3 is 11.9 Å². The lowest BCUT2D eigenvalue weighted by molar-refractivity contribution is -0.169. The van der Waals surface area contributed by atoms with Crippen LogP contribution in [0.2, 0.25) is 0 Å². The molecular weight excluding hydrogens is 256 g/mol. The van der Waals surface area contributed by atoms with Gasteiger partial charge in [0.05, 0.1) is 14.2 Å². The summed E-state index contributed by atoms with van der Waals surface area (Å²) in [5.74, 6) is -1.20. The van der Waals surface area contributed by atoms with E-state index in [1.807, 2.05) is 30.3 Å². The molecule has 0 aliphatic rings. The third kappa shape index (κ3) is 3.47. The van der Waals surface area contributed by atoms with Crippen LogP contribution < -0.4 is 0 Å². The van der Waals surface area contributed by atoms with Crippen molar-refractivity contribution in [2.24, 2.45) is 5.41 Å². The molecule has 0 aromatic heterocycles. The molecule has 1 aromatic rings. The maximum Gasteiger partial charge on any atom is 0.323 e. The van der Waals surface area contributed by atoms with Crippen LogP contribution in [-0.4, -0.2) is 26.2 Å². The number of benzene rings is 1. The van der Waals surface area contributed by atoms with E-state index in [4.69, 9.17) is 9.47 Å². The second-order valence-corrected chi connectivity index (χ2v) is 4.86. The molecule has 0 saturated heterocycles. The van der Waals surface area contributed by atoms with E-state index in [1.54, 1.807) is 6.92 Å². The van der Waals surface area contributed by atoms with Crippen LogP contribution in [-0.2, 0) is 25.5 Å². The van der Waals surface area contributed by atoms with Crippen molar-refractivity contribution in [2.75, 3.05) is 14.2 Å². The summed E-state index contributed by atoms with van der Waals surface area (Å²) in [6.45, 7) is 5.57. The van der Waals surface area contributed by atoms with Gasteiger partial charge in [0.2, 0.25) is 0 Å². The maximum atomic E-state index is 12.2. The van der Waals surface area contributed by atoms with Gasteiger partial charge < -0.3 is 9.47 Å². The van der Waals surface area contributed by atoms with Crippen LogP contribution in [0.4, 0.5) is 0 Å². The van der Waals surface area contributed by atoms with Crippen molar-refractivity contribution in [3.63, 3.8) is 0 Å². The number of methoxy groups -OCH3 is 2. The van der Waals surface area contributed by atoms with Gasteiger partial charge in [-0.3, -0.25) is 9.59 Å². The number of rotatable bonds is 6. The molecule has 4 heteroatoms. The van der Waals surface area contributed by atoms with Gasteiger partial charge in [0.1, 0.15) is 0 Å². The summed E-state index contributed by atoms with van der Waals surface area (Å²) in [6.07, 6.45) is 0.418. The Morgan fingerprint density at radius 2 is 1.60 bits per heavy atom. The van der Waals surface area contributed by atoms with E-state index in [2.05, 4.69) is 6.58 Å². The number of allylic oxidation sites excluding steroid dienone is 1. The summed E-state index contributed by atoms with van der Waals surface area (Å²) in [4.78, 5) is 24.4. The number of hydrogen-bond donors (Lipinski definition) is 0. The Kier molecular flexibility index (Phi) is 5.50. The lowest BCUT2D eigenvalue weighted by Crippen LogP contribution is -2.43. The summed E-state index contributed by atoms with van der Waals surface area (Å²) < 4.78 is 9.66. The van der Waals surface area contributed by atoms with Crippen molar-refractivity contribution < 1.29 is 19.1 Å². The number of carbonyl (C=O) groups is 2. The van der Waals surface area contributed by atoms with Crippen LogP contribution in [0.1, 0.15) is 18.9 Å². The van der Waals surface area contributed by atoms with E-state index in [0.717, 1.165) is 11.1 Å². The molecule has 0 atom stereocenters. The SMILES string of the molecule is C=C(C)CC(Cc1ccccc1)(C(=O)OC)C(=O)OC. The van der Waals surface area contributed by atoms with Gasteiger partial charge in [-0.2, -0.15) is 0 Å². The summed E-state index contributed by atoms with van der Waals surface area (Å²) >= 11 is 0. The Bertz CT molecular complexity index is 474. The molecule has 0 N–H and O–H groups in total. The smallest absolute Gasteiger partial charge is 0.323 e. The highest BCUT2D eigenvalue weighted by Gasteiger charge is 2.48. The summed E-state index contributed by atoms with van der Waals surface area (Å²) in [5.41, 5.74) is 0.206. The maximum absolute atomic E-state index is 12.2. The molecule has 0 unspecified atom stereocenters. The molecular formula is C16H20O4. The molecule has 0 radical (unpaired) electrons. The van der Waals surface area contributed by atoms with Crippen LogP contribution in [0, 0.1) is 5.41 Å². The Hall–Kier alpha value is -2.10. The van der Waals surface area contributed by atoms with Crippen molar-refractivity contribution in [3.05, 3.63) is 48.0 Å². The topological polar surface area (TPSA) is 52.6 Å². The lowest BCUT2D eigenvalue weighted by Gasteiger charge is -2.28. The van der Waals surface area contributed by atoms with Crippen molar-refractivity contribution in [1.29, 1.82) is 0 Å². The Labute approximate surface area is 119 Å². The lowest BCUT2D eigenvalue weighted by atomic mass is 9.76. The molecule has 20 heavy (non-hydrogen) atoms. The van der Waals surface area contributed by atoms with Crippen molar-refractivity contribution >= 4 is 11.9 Å². The third-order valence-electron chi connectivity index (χ3n) is 3.10. The van der Waals surface area contributed by atoms with Crippen LogP contribution in [0.3, 0.4) is 0 Å². The van der Waals surface area contributed by atoms with Gasteiger partial charge in [-0.25, -0.2) is 0 Å². The molecule has 1 aromatic carbocycles. The molecule has 0 amide bonds. The molecule has 0 spiro atoms. The predicted molar refractivity (Wildman–Crippen MR) is 76.0 cm³/mol. The standard InChI is InChI=1S/C16H20O4/c1-12(2)10-16(14(17)19-3,15(18)20-4)11-13-8-6-5-7-9-13/h5-9H,1,10-11H2,2-4H3. The molecule has 1 rings (SSSR count). The zero-order valence-corrected chi connectivity index (χ0v) is 12.1. The second-order valence-electron chi connectivity index (χ2n) is 4.86. The highest BCUT2D eigenvalue weighted by Crippen LogP contribution is 2.33. The first-order chi connectivity index (χ1) is 9.46. The molecule has 0 fully saturated rings. The van der Waals surface area contributed by atoms with E-state index in [9.17, 15) is 9.59 Å². The fourth-order valence-corrected chi connectivity index (χ4v) is 2.28. The normalized spacial score (nSPS) is 10.8. The van der Waals surface area contributed by atoms with Crippen LogP contribution >= 0.6 is 0 Å². The molecule has 0 saturated carbocycles. The number of ether oxygens (including phenoxy) is 2. The summed E-state index contributed by atoms with van der Waals surface area (Å²) in [7, 11) is 2.53. The van der Waals surface area contributed by atoms with Gasteiger partial charge in [-0.05, 0) is 25.3 Å². The Morgan fingerprint density at radius 1 is 1.10 bits per heavy atom. The highest BCUT2D eigenvalue weighted by molar-refractivity contribution is 6.00. The molecule has 0 aliphatic carbocycles. The van der Waals surface area contributed by atoms with E-state index >= 15 is 0 Å². The second kappa shape index (κ2) is 6.89. The Morgan fingerprint density at radius 3 is 2.00 bits per heavy atom. The van der Waals surface area contributed by atoms with Gasteiger partial charge in [0.25, 0.3) is 0 Å². The number of carbonyl (C=O) groups excluding carboxylic acids is 2. The zero-order chi connectivity index (χ0) is 15.2. The zero-order valence-electron chi connectivity index (χ0n) is 12.1. The number of hydrogen-bond acceptors (Lipinski definition) is 4. The summed E-state index contributed by atoms with van der Waals surface area (Å²) in [5, 5.41) is 0. The minimum absolute atomic E-state index is 0.196.